The summed E-state index contributed by atoms with van der Waals surface area (Å²) in [4.78, 5) is 44.0. The number of carbonyl (C=O) groups is 1. The van der Waals surface area contributed by atoms with Crippen LogP contribution in [0, 0.1) is 0 Å². The van der Waals surface area contributed by atoms with Crippen LogP contribution in [0.2, 0.25) is 0 Å². The van der Waals surface area contributed by atoms with Crippen LogP contribution in [-0.2, 0) is 0 Å². The normalized spacial score (nSPS) is 13.8. The number of carbonyl (C=O) groups excluding carboxylic acids is 1. The van der Waals surface area contributed by atoms with Crippen molar-refractivity contribution >= 4 is 22.9 Å². The molecule has 3 N–H and O–H groups in total. The lowest BCUT2D eigenvalue weighted by molar-refractivity contribution is 0.102. The molecule has 0 bridgehead atoms. The van der Waals surface area contributed by atoms with Crippen molar-refractivity contribution in [2.24, 2.45) is 0 Å². The van der Waals surface area contributed by atoms with Gasteiger partial charge in [-0.1, -0.05) is 5.16 Å². The van der Waals surface area contributed by atoms with Gasteiger partial charge in [-0.05, 0) is 24.3 Å². The van der Waals surface area contributed by atoms with E-state index in [4.69, 9.17) is 4.52 Å². The van der Waals surface area contributed by atoms with Crippen molar-refractivity contribution in [1.29, 1.82) is 0 Å². The molecule has 9 nitrogen and oxygen atoms in total. The second-order valence-corrected chi connectivity index (χ2v) is 6.27. The summed E-state index contributed by atoms with van der Waals surface area (Å²) < 4.78 is 5.26. The average Bonchev–Trinajstić information content (AvgIpc) is 3.09. The van der Waals surface area contributed by atoms with Crippen LogP contribution in [0.4, 0.5) is 5.69 Å². The number of amides is 1. The van der Waals surface area contributed by atoms with Crippen LogP contribution in [-0.4, -0.2) is 26.0 Å². The van der Waals surface area contributed by atoms with Crippen molar-refractivity contribution in [3.63, 3.8) is 0 Å². The summed E-state index contributed by atoms with van der Waals surface area (Å²) in [6.45, 7) is 0. The van der Waals surface area contributed by atoms with Gasteiger partial charge in [-0.3, -0.25) is 14.6 Å². The summed E-state index contributed by atoms with van der Waals surface area (Å²) in [5, 5.41) is 8.36. The summed E-state index contributed by atoms with van der Waals surface area (Å²) in [5.74, 6) is 0.762. The van der Waals surface area contributed by atoms with Gasteiger partial charge < -0.3 is 14.8 Å². The maximum atomic E-state index is 12.2. The Labute approximate surface area is 137 Å². The van der Waals surface area contributed by atoms with E-state index in [0.717, 1.165) is 18.9 Å². The van der Waals surface area contributed by atoms with Gasteiger partial charge in [-0.15, -0.1) is 11.3 Å². The van der Waals surface area contributed by atoms with E-state index in [2.05, 4.69) is 20.4 Å². The highest BCUT2D eigenvalue weighted by atomic mass is 32.1. The third-order valence-electron chi connectivity index (χ3n) is 3.50. The molecule has 3 aromatic rings. The van der Waals surface area contributed by atoms with E-state index in [0.29, 0.717) is 28.2 Å². The summed E-state index contributed by atoms with van der Waals surface area (Å²) in [5.41, 5.74) is -1.06. The number of rotatable bonds is 4. The first-order valence-electron chi connectivity index (χ1n) is 7.16. The van der Waals surface area contributed by atoms with Crippen LogP contribution in [0.3, 0.4) is 0 Å². The van der Waals surface area contributed by atoms with E-state index in [1.807, 2.05) is 4.98 Å². The molecule has 24 heavy (non-hydrogen) atoms. The van der Waals surface area contributed by atoms with Crippen molar-refractivity contribution in [2.45, 2.75) is 18.8 Å². The van der Waals surface area contributed by atoms with Crippen LogP contribution < -0.4 is 16.6 Å². The van der Waals surface area contributed by atoms with Gasteiger partial charge in [0, 0.05) is 12.0 Å². The molecule has 4 rings (SSSR count). The topological polar surface area (TPSA) is 134 Å². The lowest BCUT2D eigenvalue weighted by Crippen LogP contribution is -2.27. The number of aromatic nitrogens is 4. The molecular formula is C14H11N5O4S. The highest BCUT2D eigenvalue weighted by molar-refractivity contribution is 7.14. The molecule has 0 aromatic carbocycles. The molecule has 0 atom stereocenters. The molecule has 1 saturated carbocycles. The number of hydrogen-bond donors (Lipinski definition) is 3. The summed E-state index contributed by atoms with van der Waals surface area (Å²) in [6.07, 6.45) is 2.12. The fourth-order valence-electron chi connectivity index (χ4n) is 2.19. The zero-order valence-electron chi connectivity index (χ0n) is 12.2. The van der Waals surface area contributed by atoms with Crippen LogP contribution in [0.15, 0.2) is 31.6 Å². The first kappa shape index (κ1) is 14.6. The van der Waals surface area contributed by atoms with Crippen molar-refractivity contribution in [3.05, 3.63) is 49.9 Å². The average molecular weight is 345 g/mol. The molecule has 0 saturated heterocycles. The quantitative estimate of drug-likeness (QED) is 0.652. The van der Waals surface area contributed by atoms with Crippen molar-refractivity contribution in [1.82, 2.24) is 20.1 Å². The largest absolute Gasteiger partial charge is 0.333 e. The zero-order chi connectivity index (χ0) is 16.7. The van der Waals surface area contributed by atoms with Gasteiger partial charge in [-0.25, -0.2) is 4.79 Å². The summed E-state index contributed by atoms with van der Waals surface area (Å²) in [7, 11) is 0. The van der Waals surface area contributed by atoms with E-state index in [9.17, 15) is 14.4 Å². The van der Waals surface area contributed by atoms with Gasteiger partial charge in [0.1, 0.15) is 10.6 Å². The number of anilines is 1. The van der Waals surface area contributed by atoms with Crippen molar-refractivity contribution in [3.8, 4) is 10.8 Å². The van der Waals surface area contributed by atoms with Gasteiger partial charge in [0.25, 0.3) is 17.4 Å². The Morgan fingerprint density at radius 3 is 2.92 bits per heavy atom. The van der Waals surface area contributed by atoms with E-state index < -0.39 is 17.2 Å². The van der Waals surface area contributed by atoms with Crippen molar-refractivity contribution in [2.75, 3.05) is 5.32 Å². The Morgan fingerprint density at radius 1 is 1.33 bits per heavy atom. The van der Waals surface area contributed by atoms with Gasteiger partial charge >= 0.3 is 5.69 Å². The fourth-order valence-corrected chi connectivity index (χ4v) is 2.96. The molecule has 1 aliphatic rings. The highest BCUT2D eigenvalue weighted by Gasteiger charge is 2.29. The van der Waals surface area contributed by atoms with Gasteiger partial charge in [0.05, 0.1) is 5.69 Å². The lowest BCUT2D eigenvalue weighted by Gasteiger charge is -2.03. The van der Waals surface area contributed by atoms with E-state index in [1.54, 1.807) is 11.4 Å². The molecule has 0 radical (unpaired) electrons. The smallest absolute Gasteiger partial charge is 0.326 e. The summed E-state index contributed by atoms with van der Waals surface area (Å²) in [6, 6.07) is 2.70. The number of thiophene rings is 1. The Morgan fingerprint density at radius 2 is 2.17 bits per heavy atom. The Hall–Kier alpha value is -3.01. The first-order valence-corrected chi connectivity index (χ1v) is 8.04. The molecule has 122 valence electrons. The van der Waals surface area contributed by atoms with Gasteiger partial charge in [-0.2, -0.15) is 4.98 Å². The minimum Gasteiger partial charge on any atom is -0.333 e. The Bertz CT molecular complexity index is 998. The molecule has 3 heterocycles. The molecule has 0 aliphatic heterocycles. The van der Waals surface area contributed by atoms with Crippen molar-refractivity contribution < 1.29 is 9.32 Å². The van der Waals surface area contributed by atoms with Crippen LogP contribution in [0.5, 0.6) is 0 Å². The summed E-state index contributed by atoms with van der Waals surface area (Å²) >= 11 is 1.34. The number of hydrogen-bond acceptors (Lipinski definition) is 7. The third kappa shape index (κ3) is 2.78. The van der Waals surface area contributed by atoms with E-state index in [-0.39, 0.29) is 5.69 Å². The Balaban J connectivity index is 1.61. The minimum absolute atomic E-state index is 0.134. The van der Waals surface area contributed by atoms with E-state index >= 15 is 0 Å². The van der Waals surface area contributed by atoms with Gasteiger partial charge in [0.15, 0.2) is 5.82 Å². The maximum Gasteiger partial charge on any atom is 0.326 e. The molecule has 3 aromatic heterocycles. The second kappa shape index (κ2) is 5.57. The molecule has 1 aliphatic carbocycles. The number of H-pyrrole nitrogens is 2. The minimum atomic E-state index is -0.746. The Kier molecular flexibility index (Phi) is 3.38. The monoisotopic (exact) mass is 345 g/mol. The maximum absolute atomic E-state index is 12.2. The lowest BCUT2D eigenvalue weighted by atomic mass is 10.3. The number of nitrogens with one attached hydrogen (secondary N) is 3. The molecule has 0 unspecified atom stereocenters. The molecular weight excluding hydrogens is 334 g/mol. The standard InChI is InChI=1S/C14H11N5O4S/c20-9-5-8(16-14(22)17-9)12(21)15-7-3-4-24-10(7)13-18-11(19-23-13)6-1-2-6/h3-6H,1-2H2,(H,15,21)(H2,16,17,20,22). The predicted molar refractivity (Wildman–Crippen MR) is 85.2 cm³/mol. The second-order valence-electron chi connectivity index (χ2n) is 5.35. The third-order valence-corrected chi connectivity index (χ3v) is 4.40. The first-order chi connectivity index (χ1) is 11.6. The zero-order valence-corrected chi connectivity index (χ0v) is 13.0. The SMILES string of the molecule is O=C(Nc1ccsc1-c1nc(C2CC2)no1)c1cc(=O)[nH]c(=O)[nH]1. The van der Waals surface area contributed by atoms with Crippen LogP contribution in [0.25, 0.3) is 10.8 Å². The fraction of sp³-hybridized carbons (Fsp3) is 0.214. The van der Waals surface area contributed by atoms with Crippen LogP contribution >= 0.6 is 11.3 Å². The molecule has 10 heteroatoms. The highest BCUT2D eigenvalue weighted by Crippen LogP contribution is 2.40. The number of nitrogens with zero attached hydrogens (tertiary/aromatic N) is 2. The van der Waals surface area contributed by atoms with Crippen LogP contribution in [0.1, 0.15) is 35.1 Å². The predicted octanol–water partition coefficient (Wildman–Crippen LogP) is 1.30. The molecule has 1 amide bonds. The van der Waals surface area contributed by atoms with Gasteiger partial charge in [0.2, 0.25) is 0 Å². The van der Waals surface area contributed by atoms with E-state index in [1.165, 1.54) is 11.3 Å². The molecule has 1 fully saturated rings. The molecule has 0 spiro atoms. The number of aromatic amines is 2.